The molecule has 4 amide bonds. The van der Waals surface area contributed by atoms with E-state index in [1.807, 2.05) is 13.0 Å². The number of anilines is 1. The number of benzene rings is 1. The summed E-state index contributed by atoms with van der Waals surface area (Å²) in [7, 11) is 0. The van der Waals surface area contributed by atoms with Gasteiger partial charge in [0.1, 0.15) is 11.8 Å². The minimum absolute atomic E-state index is 0.0715. The van der Waals surface area contributed by atoms with Gasteiger partial charge in [0.05, 0.1) is 12.8 Å². The molecule has 1 aliphatic rings. The van der Waals surface area contributed by atoms with Gasteiger partial charge >= 0.3 is 6.03 Å². The quantitative estimate of drug-likeness (QED) is 0.759. The monoisotopic (exact) mass is 375 g/mol. The molecule has 1 aromatic heterocycles. The fraction of sp³-hybridized carbons (Fsp3) is 0.278. The van der Waals surface area contributed by atoms with E-state index in [-0.39, 0.29) is 31.2 Å². The lowest BCUT2D eigenvalue weighted by atomic mass is 10.1. The predicted molar refractivity (Wildman–Crippen MR) is 95.6 cm³/mol. The minimum Gasteiger partial charge on any atom is -0.467 e. The molecule has 0 spiro atoms. The van der Waals surface area contributed by atoms with Crippen molar-refractivity contribution in [2.75, 3.05) is 5.32 Å². The van der Waals surface area contributed by atoms with Gasteiger partial charge < -0.3 is 15.1 Å². The molecule has 1 atom stereocenters. The van der Waals surface area contributed by atoms with Crippen molar-refractivity contribution in [2.24, 2.45) is 0 Å². The molecule has 2 N–H and O–H groups in total. The molecule has 0 aliphatic carbocycles. The molecular formula is C18H18ClN3O4. The highest BCUT2D eigenvalue weighted by Gasteiger charge is 2.38. The molecule has 0 radical (unpaired) electrons. The zero-order chi connectivity index (χ0) is 18.7. The first-order valence-corrected chi connectivity index (χ1v) is 8.52. The van der Waals surface area contributed by atoms with E-state index < -0.39 is 12.1 Å². The maximum absolute atomic E-state index is 12.4. The second kappa shape index (κ2) is 7.61. The smallest absolute Gasteiger partial charge is 0.325 e. The van der Waals surface area contributed by atoms with Gasteiger partial charge in [-0.15, -0.1) is 0 Å². The third kappa shape index (κ3) is 4.05. The summed E-state index contributed by atoms with van der Waals surface area (Å²) < 4.78 is 5.16. The highest BCUT2D eigenvalue weighted by molar-refractivity contribution is 6.31. The first-order chi connectivity index (χ1) is 12.4. The van der Waals surface area contributed by atoms with Crippen LogP contribution in [0.1, 0.15) is 24.2 Å². The van der Waals surface area contributed by atoms with Gasteiger partial charge in [-0.25, -0.2) is 4.79 Å². The summed E-state index contributed by atoms with van der Waals surface area (Å²) in [5.41, 5.74) is 1.52. The van der Waals surface area contributed by atoms with Crippen molar-refractivity contribution in [3.05, 3.63) is 52.9 Å². The number of hydrogen-bond donors (Lipinski definition) is 2. The molecule has 8 heteroatoms. The summed E-state index contributed by atoms with van der Waals surface area (Å²) in [6, 6.07) is 7.40. The van der Waals surface area contributed by atoms with Crippen LogP contribution in [0.25, 0.3) is 0 Å². The Bertz CT molecular complexity index is 835. The first kappa shape index (κ1) is 18.0. The van der Waals surface area contributed by atoms with Gasteiger partial charge in [0.15, 0.2) is 0 Å². The molecule has 0 saturated carbocycles. The number of carbonyl (C=O) groups is 3. The van der Waals surface area contributed by atoms with Gasteiger partial charge in [-0.1, -0.05) is 17.7 Å². The third-order valence-corrected chi connectivity index (χ3v) is 4.37. The van der Waals surface area contributed by atoms with Crippen molar-refractivity contribution >= 4 is 35.1 Å². The van der Waals surface area contributed by atoms with Crippen molar-refractivity contribution in [1.29, 1.82) is 0 Å². The maximum atomic E-state index is 12.4. The van der Waals surface area contributed by atoms with Crippen molar-refractivity contribution in [3.8, 4) is 0 Å². The molecule has 136 valence electrons. The van der Waals surface area contributed by atoms with E-state index in [4.69, 9.17) is 16.0 Å². The molecule has 1 aromatic carbocycles. The molecule has 1 fully saturated rings. The predicted octanol–water partition coefficient (Wildman–Crippen LogP) is 3.08. The van der Waals surface area contributed by atoms with Gasteiger partial charge in [-0.2, -0.15) is 0 Å². The topological polar surface area (TPSA) is 91.7 Å². The standard InChI is InChI=1S/C18H18ClN3O4/c1-11-4-5-12(19)9-15(11)20-16(23)7-6-14-17(24)22(18(25)21-14)10-13-3-2-8-26-13/h2-5,8-9,14H,6-7,10H2,1H3,(H,20,23)(H,21,25)/t14-/m0/s1. The molecule has 0 bridgehead atoms. The third-order valence-electron chi connectivity index (χ3n) is 4.13. The molecular weight excluding hydrogens is 358 g/mol. The van der Waals surface area contributed by atoms with Gasteiger partial charge in [-0.05, 0) is 43.2 Å². The summed E-state index contributed by atoms with van der Waals surface area (Å²) in [5, 5.41) is 5.90. The van der Waals surface area contributed by atoms with Crippen LogP contribution in [0.15, 0.2) is 41.0 Å². The van der Waals surface area contributed by atoms with E-state index in [0.717, 1.165) is 10.5 Å². The van der Waals surface area contributed by atoms with Crippen LogP contribution in [0.5, 0.6) is 0 Å². The number of carbonyl (C=O) groups excluding carboxylic acids is 3. The van der Waals surface area contributed by atoms with Gasteiger partial charge in [-0.3, -0.25) is 14.5 Å². The van der Waals surface area contributed by atoms with Crippen molar-refractivity contribution in [3.63, 3.8) is 0 Å². The molecule has 2 heterocycles. The fourth-order valence-corrected chi connectivity index (χ4v) is 2.87. The Hall–Kier alpha value is -2.80. The average molecular weight is 376 g/mol. The van der Waals surface area contributed by atoms with Crippen LogP contribution >= 0.6 is 11.6 Å². The number of aryl methyl sites for hydroxylation is 1. The van der Waals surface area contributed by atoms with Crippen LogP contribution in [0.4, 0.5) is 10.5 Å². The number of amides is 4. The van der Waals surface area contributed by atoms with Gasteiger partial charge in [0.2, 0.25) is 5.91 Å². The van der Waals surface area contributed by atoms with Crippen molar-refractivity contribution in [2.45, 2.75) is 32.4 Å². The number of urea groups is 1. The van der Waals surface area contributed by atoms with Crippen LogP contribution in [0, 0.1) is 6.92 Å². The van der Waals surface area contributed by atoms with Crippen molar-refractivity contribution in [1.82, 2.24) is 10.2 Å². The molecule has 3 rings (SSSR count). The molecule has 26 heavy (non-hydrogen) atoms. The van der Waals surface area contributed by atoms with E-state index in [1.165, 1.54) is 6.26 Å². The Labute approximate surface area is 155 Å². The molecule has 7 nitrogen and oxygen atoms in total. The van der Waals surface area contributed by atoms with Crippen LogP contribution in [0.2, 0.25) is 5.02 Å². The van der Waals surface area contributed by atoms with Crippen LogP contribution in [0.3, 0.4) is 0 Å². The summed E-state index contributed by atoms with van der Waals surface area (Å²) in [6.45, 7) is 1.93. The zero-order valence-corrected chi connectivity index (χ0v) is 14.9. The van der Waals surface area contributed by atoms with E-state index in [2.05, 4.69) is 10.6 Å². The lowest BCUT2D eigenvalue weighted by Crippen LogP contribution is -2.31. The number of furan rings is 1. The van der Waals surface area contributed by atoms with E-state index in [0.29, 0.717) is 16.5 Å². The summed E-state index contributed by atoms with van der Waals surface area (Å²) in [4.78, 5) is 37.6. The number of nitrogens with one attached hydrogen (secondary N) is 2. The summed E-state index contributed by atoms with van der Waals surface area (Å²) in [6.07, 6.45) is 1.79. The van der Waals surface area contributed by atoms with E-state index in [1.54, 1.807) is 24.3 Å². The minimum atomic E-state index is -0.719. The van der Waals surface area contributed by atoms with Crippen molar-refractivity contribution < 1.29 is 18.8 Å². The van der Waals surface area contributed by atoms with Crippen LogP contribution in [-0.2, 0) is 16.1 Å². The number of nitrogens with zero attached hydrogens (tertiary/aromatic N) is 1. The zero-order valence-electron chi connectivity index (χ0n) is 14.1. The second-order valence-corrected chi connectivity index (χ2v) is 6.49. The van der Waals surface area contributed by atoms with Gasteiger partial charge in [0, 0.05) is 17.1 Å². The number of rotatable bonds is 6. The lowest BCUT2D eigenvalue weighted by Gasteiger charge is -2.12. The van der Waals surface area contributed by atoms with E-state index >= 15 is 0 Å². The lowest BCUT2D eigenvalue weighted by molar-refractivity contribution is -0.128. The van der Waals surface area contributed by atoms with Crippen LogP contribution in [-0.4, -0.2) is 28.8 Å². The Balaban J connectivity index is 1.54. The Morgan fingerprint density at radius 1 is 1.35 bits per heavy atom. The second-order valence-electron chi connectivity index (χ2n) is 6.05. The van der Waals surface area contributed by atoms with Crippen LogP contribution < -0.4 is 10.6 Å². The maximum Gasteiger partial charge on any atom is 0.325 e. The molecule has 1 saturated heterocycles. The Morgan fingerprint density at radius 2 is 2.15 bits per heavy atom. The van der Waals surface area contributed by atoms with E-state index in [9.17, 15) is 14.4 Å². The largest absolute Gasteiger partial charge is 0.467 e. The SMILES string of the molecule is Cc1ccc(Cl)cc1NC(=O)CC[C@@H]1NC(=O)N(Cc2ccco2)C1=O. The fourth-order valence-electron chi connectivity index (χ4n) is 2.70. The molecule has 1 aliphatic heterocycles. The summed E-state index contributed by atoms with van der Waals surface area (Å²) in [5.74, 6) is -0.0941. The normalized spacial score (nSPS) is 16.7. The molecule has 0 unspecified atom stereocenters. The Morgan fingerprint density at radius 3 is 2.88 bits per heavy atom. The molecule has 2 aromatic rings. The average Bonchev–Trinajstić information content (AvgIpc) is 3.20. The first-order valence-electron chi connectivity index (χ1n) is 8.14. The number of halogens is 1. The van der Waals surface area contributed by atoms with Gasteiger partial charge in [0.25, 0.3) is 5.91 Å². The number of imide groups is 1. The summed E-state index contributed by atoms with van der Waals surface area (Å²) >= 11 is 5.93. The Kier molecular flexibility index (Phi) is 5.27. The number of hydrogen-bond acceptors (Lipinski definition) is 4. The highest BCUT2D eigenvalue weighted by Crippen LogP contribution is 2.21. The highest BCUT2D eigenvalue weighted by atomic mass is 35.5.